The molecule has 2 aromatic carbocycles. The highest BCUT2D eigenvalue weighted by molar-refractivity contribution is 5.89. The van der Waals surface area contributed by atoms with Crippen molar-refractivity contribution in [1.29, 1.82) is 5.53 Å². The lowest BCUT2D eigenvalue weighted by molar-refractivity contribution is 0.220. The van der Waals surface area contributed by atoms with Crippen LogP contribution in [0.2, 0.25) is 0 Å². The van der Waals surface area contributed by atoms with Crippen LogP contribution in [0.15, 0.2) is 60.0 Å². The van der Waals surface area contributed by atoms with Crippen molar-refractivity contribution in [3.63, 3.8) is 0 Å². The molecular formula is C21H22N6O2. The number of benzene rings is 2. The highest BCUT2D eigenvalue weighted by Gasteiger charge is 2.11. The Labute approximate surface area is 169 Å². The van der Waals surface area contributed by atoms with Crippen molar-refractivity contribution < 1.29 is 9.53 Å². The van der Waals surface area contributed by atoms with Crippen molar-refractivity contribution in [2.45, 2.75) is 20.5 Å². The molecule has 29 heavy (non-hydrogen) atoms. The van der Waals surface area contributed by atoms with E-state index in [4.69, 9.17) is 10.3 Å². The average Bonchev–Trinajstić information content (AvgIpc) is 2.73. The standard InChI is InChI=1S/C21H22N6O2/c1-14-12-16(19-10-11-23-15(2)24-19)8-9-20(14)29-13-17-6-4-5-7-18(17)25-21(28)27(3)26-22/h4-12,22H,13H2,1-3H3,(H,25,28). The molecule has 0 aliphatic rings. The zero-order valence-corrected chi connectivity index (χ0v) is 16.5. The van der Waals surface area contributed by atoms with E-state index in [1.807, 2.05) is 56.3 Å². The number of para-hydroxylation sites is 1. The molecule has 8 nitrogen and oxygen atoms in total. The van der Waals surface area contributed by atoms with E-state index in [1.54, 1.807) is 12.3 Å². The fourth-order valence-electron chi connectivity index (χ4n) is 2.75. The van der Waals surface area contributed by atoms with E-state index in [-0.39, 0.29) is 6.61 Å². The van der Waals surface area contributed by atoms with Crippen LogP contribution < -0.4 is 10.1 Å². The fraction of sp³-hybridized carbons (Fsp3) is 0.190. The first-order valence-corrected chi connectivity index (χ1v) is 9.01. The van der Waals surface area contributed by atoms with Crippen molar-refractivity contribution in [3.8, 4) is 17.0 Å². The van der Waals surface area contributed by atoms with E-state index in [0.29, 0.717) is 5.69 Å². The summed E-state index contributed by atoms with van der Waals surface area (Å²) < 4.78 is 5.99. The molecule has 2 N–H and O–H groups in total. The van der Waals surface area contributed by atoms with Crippen molar-refractivity contribution in [1.82, 2.24) is 15.0 Å². The molecule has 0 spiro atoms. The number of carbonyl (C=O) groups is 1. The van der Waals surface area contributed by atoms with Gasteiger partial charge in [0.2, 0.25) is 0 Å². The van der Waals surface area contributed by atoms with Gasteiger partial charge >= 0.3 is 6.03 Å². The molecule has 0 saturated carbocycles. The Bertz CT molecular complexity index is 1040. The summed E-state index contributed by atoms with van der Waals surface area (Å²) in [6.45, 7) is 4.12. The maximum Gasteiger partial charge on any atom is 0.343 e. The first kappa shape index (κ1) is 19.9. The average molecular weight is 390 g/mol. The number of ether oxygens (including phenoxy) is 1. The van der Waals surface area contributed by atoms with E-state index >= 15 is 0 Å². The second-order valence-electron chi connectivity index (χ2n) is 6.47. The summed E-state index contributed by atoms with van der Waals surface area (Å²) in [7, 11) is 1.41. The normalized spacial score (nSPS) is 10.3. The smallest absolute Gasteiger partial charge is 0.343 e. The minimum absolute atomic E-state index is 0.283. The third-order valence-electron chi connectivity index (χ3n) is 4.33. The van der Waals surface area contributed by atoms with Gasteiger partial charge in [0.05, 0.1) is 5.69 Å². The van der Waals surface area contributed by atoms with E-state index in [1.165, 1.54) is 7.05 Å². The lowest BCUT2D eigenvalue weighted by Crippen LogP contribution is -2.26. The first-order chi connectivity index (χ1) is 14.0. The third kappa shape index (κ3) is 4.92. The van der Waals surface area contributed by atoms with E-state index in [2.05, 4.69) is 20.5 Å². The van der Waals surface area contributed by atoms with Gasteiger partial charge in [-0.3, -0.25) is 0 Å². The Balaban J connectivity index is 1.74. The molecule has 148 valence electrons. The highest BCUT2D eigenvalue weighted by Crippen LogP contribution is 2.26. The summed E-state index contributed by atoms with van der Waals surface area (Å²) in [6.07, 6.45) is 1.74. The zero-order valence-electron chi connectivity index (χ0n) is 16.5. The zero-order chi connectivity index (χ0) is 20.8. The SMILES string of the molecule is Cc1nccc(-c2ccc(OCc3ccccc3NC(=O)N(C)N=N)c(C)c2)n1. The number of aromatic nitrogens is 2. The molecule has 1 heterocycles. The minimum atomic E-state index is -0.492. The van der Waals surface area contributed by atoms with Crippen LogP contribution in [0.1, 0.15) is 17.0 Å². The molecule has 2 amide bonds. The summed E-state index contributed by atoms with van der Waals surface area (Å²) in [5.74, 6) is 1.47. The minimum Gasteiger partial charge on any atom is -0.489 e. The molecule has 0 bridgehead atoms. The van der Waals surface area contributed by atoms with Gasteiger partial charge in [-0.05, 0) is 49.7 Å². The van der Waals surface area contributed by atoms with Crippen LogP contribution in [-0.4, -0.2) is 28.1 Å². The predicted octanol–water partition coefficient (Wildman–Crippen LogP) is 4.75. The lowest BCUT2D eigenvalue weighted by Gasteiger charge is -2.15. The molecular weight excluding hydrogens is 368 g/mol. The molecule has 0 aliphatic heterocycles. The van der Waals surface area contributed by atoms with Crippen LogP contribution >= 0.6 is 0 Å². The van der Waals surface area contributed by atoms with Crippen LogP contribution in [-0.2, 0) is 6.61 Å². The van der Waals surface area contributed by atoms with Crippen LogP contribution in [0.5, 0.6) is 5.75 Å². The second kappa shape index (κ2) is 8.92. The van der Waals surface area contributed by atoms with Gasteiger partial charge < -0.3 is 10.1 Å². The summed E-state index contributed by atoms with van der Waals surface area (Å²) in [6, 6.07) is 14.6. The number of nitrogens with one attached hydrogen (secondary N) is 2. The van der Waals surface area contributed by atoms with Crippen LogP contribution in [0, 0.1) is 19.4 Å². The quantitative estimate of drug-likeness (QED) is 0.468. The lowest BCUT2D eigenvalue weighted by atomic mass is 10.1. The molecule has 3 rings (SSSR count). The van der Waals surface area contributed by atoms with Crippen LogP contribution in [0.3, 0.4) is 0 Å². The molecule has 0 aliphatic carbocycles. The third-order valence-corrected chi connectivity index (χ3v) is 4.33. The Morgan fingerprint density at radius 1 is 1.21 bits per heavy atom. The number of amides is 2. The number of urea groups is 1. The van der Waals surface area contributed by atoms with E-state index in [9.17, 15) is 4.79 Å². The summed E-state index contributed by atoms with van der Waals surface area (Å²) in [4.78, 5) is 20.5. The van der Waals surface area contributed by atoms with Gasteiger partial charge in [-0.25, -0.2) is 14.8 Å². The predicted molar refractivity (Wildman–Crippen MR) is 110 cm³/mol. The van der Waals surface area contributed by atoms with Crippen LogP contribution in [0.4, 0.5) is 10.5 Å². The molecule has 8 heteroatoms. The van der Waals surface area contributed by atoms with Gasteiger partial charge in [0, 0.05) is 30.1 Å². The second-order valence-corrected chi connectivity index (χ2v) is 6.47. The Kier molecular flexibility index (Phi) is 6.13. The molecule has 3 aromatic rings. The number of carbonyl (C=O) groups excluding carboxylic acids is 1. The summed E-state index contributed by atoms with van der Waals surface area (Å²) >= 11 is 0. The van der Waals surface area contributed by atoms with Gasteiger partial charge in [0.25, 0.3) is 0 Å². The molecule has 1 aromatic heterocycles. The highest BCUT2D eigenvalue weighted by atomic mass is 16.5. The first-order valence-electron chi connectivity index (χ1n) is 9.01. The van der Waals surface area contributed by atoms with E-state index in [0.717, 1.165) is 39.0 Å². The number of anilines is 1. The fourth-order valence-corrected chi connectivity index (χ4v) is 2.75. The van der Waals surface area contributed by atoms with Crippen LogP contribution in [0.25, 0.3) is 11.3 Å². The number of hydrogen-bond donors (Lipinski definition) is 2. The van der Waals surface area contributed by atoms with Crippen molar-refractivity contribution in [2.75, 3.05) is 12.4 Å². The Morgan fingerprint density at radius 3 is 2.72 bits per heavy atom. The largest absolute Gasteiger partial charge is 0.489 e. The van der Waals surface area contributed by atoms with Gasteiger partial charge in [0.15, 0.2) is 0 Å². The van der Waals surface area contributed by atoms with Crippen molar-refractivity contribution >= 4 is 11.7 Å². The topological polar surface area (TPSA) is 104 Å². The Morgan fingerprint density at radius 2 is 2.00 bits per heavy atom. The van der Waals surface area contributed by atoms with Gasteiger partial charge in [-0.1, -0.05) is 23.4 Å². The summed E-state index contributed by atoms with van der Waals surface area (Å²) in [5, 5.41) is 6.73. The summed E-state index contributed by atoms with van der Waals surface area (Å²) in [5.41, 5.74) is 11.2. The molecule has 0 saturated heterocycles. The van der Waals surface area contributed by atoms with E-state index < -0.39 is 6.03 Å². The van der Waals surface area contributed by atoms with Crippen molar-refractivity contribution in [2.24, 2.45) is 5.22 Å². The maximum absolute atomic E-state index is 12.0. The monoisotopic (exact) mass is 390 g/mol. The van der Waals surface area contributed by atoms with Gasteiger partial charge in [0.1, 0.15) is 18.2 Å². The number of nitrogens with zero attached hydrogens (tertiary/aromatic N) is 4. The molecule has 0 radical (unpaired) electrons. The number of hydrogen-bond acceptors (Lipinski definition) is 6. The number of rotatable bonds is 6. The Hall–Kier alpha value is -3.81. The van der Waals surface area contributed by atoms with Gasteiger partial charge in [-0.15, -0.1) is 0 Å². The molecule has 0 unspecified atom stereocenters. The van der Waals surface area contributed by atoms with Crippen molar-refractivity contribution in [3.05, 3.63) is 71.7 Å². The molecule has 0 atom stereocenters. The maximum atomic E-state index is 12.0. The molecule has 0 fully saturated rings. The number of aryl methyl sites for hydroxylation is 2. The van der Waals surface area contributed by atoms with Gasteiger partial charge in [-0.2, -0.15) is 10.5 Å².